The molecule has 86 valence electrons. The van der Waals surface area contributed by atoms with E-state index in [0.717, 1.165) is 5.56 Å². The highest BCUT2D eigenvalue weighted by Gasteiger charge is 2.13. The molecule has 0 spiro atoms. The third kappa shape index (κ3) is 2.68. The Morgan fingerprint density at radius 1 is 1.29 bits per heavy atom. The number of nitrogens with zero attached hydrogens (tertiary/aromatic N) is 1. The number of rotatable bonds is 3. The van der Waals surface area contributed by atoms with Gasteiger partial charge in [-0.25, -0.2) is 4.39 Å². The molecule has 0 saturated heterocycles. The molecule has 2 rings (SSSR count). The van der Waals surface area contributed by atoms with Crippen LogP contribution in [0.25, 0.3) is 0 Å². The number of carbonyl (C=O) groups is 1. The zero-order chi connectivity index (χ0) is 12.3. The fourth-order valence-electron chi connectivity index (χ4n) is 1.50. The second kappa shape index (κ2) is 5.06. The van der Waals surface area contributed by atoms with Crippen molar-refractivity contribution in [1.29, 1.82) is 0 Å². The number of halogens is 2. The standard InChI is InChI=1S/C13H9ClFNO/c14-13-10(4-1-5-11(13)15)12(17)7-9-3-2-6-16-8-9/h1-6,8H,7H2. The van der Waals surface area contributed by atoms with E-state index in [1.165, 1.54) is 18.2 Å². The molecule has 1 aromatic heterocycles. The number of benzene rings is 1. The van der Waals surface area contributed by atoms with E-state index < -0.39 is 5.82 Å². The molecule has 17 heavy (non-hydrogen) atoms. The number of hydrogen-bond acceptors (Lipinski definition) is 2. The lowest BCUT2D eigenvalue weighted by Gasteiger charge is -2.04. The van der Waals surface area contributed by atoms with Crippen LogP contribution in [0.5, 0.6) is 0 Å². The van der Waals surface area contributed by atoms with E-state index in [2.05, 4.69) is 4.98 Å². The van der Waals surface area contributed by atoms with Gasteiger partial charge in [-0.1, -0.05) is 23.7 Å². The van der Waals surface area contributed by atoms with Crippen LogP contribution in [-0.2, 0) is 6.42 Å². The van der Waals surface area contributed by atoms with Crippen LogP contribution < -0.4 is 0 Å². The summed E-state index contributed by atoms with van der Waals surface area (Å²) in [5.41, 5.74) is 0.980. The average molecular weight is 250 g/mol. The van der Waals surface area contributed by atoms with E-state index in [4.69, 9.17) is 11.6 Å². The van der Waals surface area contributed by atoms with Crippen molar-refractivity contribution in [2.45, 2.75) is 6.42 Å². The van der Waals surface area contributed by atoms with Gasteiger partial charge in [0.25, 0.3) is 0 Å². The summed E-state index contributed by atoms with van der Waals surface area (Å²) in [6.07, 6.45) is 3.39. The zero-order valence-corrected chi connectivity index (χ0v) is 9.62. The first-order chi connectivity index (χ1) is 8.18. The Bertz CT molecular complexity index is 542. The molecule has 2 nitrogen and oxygen atoms in total. The number of Topliss-reactive ketones (excluding diaryl/α,β-unsaturated/α-hetero) is 1. The summed E-state index contributed by atoms with van der Waals surface area (Å²) in [5, 5.41) is -0.124. The SMILES string of the molecule is O=C(Cc1cccnc1)c1cccc(F)c1Cl. The highest BCUT2D eigenvalue weighted by molar-refractivity contribution is 6.34. The second-order valence-electron chi connectivity index (χ2n) is 3.56. The molecule has 0 fully saturated rings. The molecule has 0 radical (unpaired) electrons. The van der Waals surface area contributed by atoms with Gasteiger partial charge < -0.3 is 0 Å². The first-order valence-corrected chi connectivity index (χ1v) is 5.42. The van der Waals surface area contributed by atoms with Gasteiger partial charge in [0.1, 0.15) is 5.82 Å². The van der Waals surface area contributed by atoms with Gasteiger partial charge in [-0.3, -0.25) is 9.78 Å². The Kier molecular flexibility index (Phi) is 3.49. The topological polar surface area (TPSA) is 30.0 Å². The molecule has 0 bridgehead atoms. The van der Waals surface area contributed by atoms with Gasteiger partial charge in [0.2, 0.25) is 0 Å². The smallest absolute Gasteiger partial charge is 0.168 e. The van der Waals surface area contributed by atoms with Crippen LogP contribution in [0.4, 0.5) is 4.39 Å². The maximum Gasteiger partial charge on any atom is 0.168 e. The maximum absolute atomic E-state index is 13.2. The van der Waals surface area contributed by atoms with Crippen molar-refractivity contribution in [1.82, 2.24) is 4.98 Å². The van der Waals surface area contributed by atoms with Crippen molar-refractivity contribution in [2.75, 3.05) is 0 Å². The van der Waals surface area contributed by atoms with Gasteiger partial charge in [0.15, 0.2) is 5.78 Å². The molecule has 1 aromatic carbocycles. The molecular weight excluding hydrogens is 241 g/mol. The maximum atomic E-state index is 13.2. The highest BCUT2D eigenvalue weighted by atomic mass is 35.5. The van der Waals surface area contributed by atoms with E-state index in [9.17, 15) is 9.18 Å². The summed E-state index contributed by atoms with van der Waals surface area (Å²) >= 11 is 5.74. The molecular formula is C13H9ClFNO. The second-order valence-corrected chi connectivity index (χ2v) is 3.94. The van der Waals surface area contributed by atoms with E-state index in [-0.39, 0.29) is 22.8 Å². The summed E-state index contributed by atoms with van der Waals surface area (Å²) in [5.74, 6) is -0.800. The quantitative estimate of drug-likeness (QED) is 0.782. The number of pyridine rings is 1. The Morgan fingerprint density at radius 3 is 2.82 bits per heavy atom. The predicted molar refractivity (Wildman–Crippen MR) is 63.7 cm³/mol. The lowest BCUT2D eigenvalue weighted by Crippen LogP contribution is -2.05. The number of aromatic nitrogens is 1. The van der Waals surface area contributed by atoms with E-state index in [0.29, 0.717) is 0 Å². The van der Waals surface area contributed by atoms with Crippen LogP contribution in [0.2, 0.25) is 5.02 Å². The lowest BCUT2D eigenvalue weighted by atomic mass is 10.0. The van der Waals surface area contributed by atoms with Crippen LogP contribution in [0.1, 0.15) is 15.9 Å². The number of carbonyl (C=O) groups excluding carboxylic acids is 1. The van der Waals surface area contributed by atoms with Crippen molar-refractivity contribution >= 4 is 17.4 Å². The zero-order valence-electron chi connectivity index (χ0n) is 8.86. The Morgan fingerprint density at radius 2 is 2.12 bits per heavy atom. The summed E-state index contributed by atoms with van der Waals surface area (Å²) in [7, 11) is 0. The minimum atomic E-state index is -0.580. The molecule has 0 aliphatic carbocycles. The molecule has 0 aliphatic heterocycles. The van der Waals surface area contributed by atoms with Gasteiger partial charge in [-0.15, -0.1) is 0 Å². The van der Waals surface area contributed by atoms with E-state index in [1.807, 2.05) is 0 Å². The van der Waals surface area contributed by atoms with Crippen LogP contribution in [-0.4, -0.2) is 10.8 Å². The molecule has 0 unspecified atom stereocenters. The lowest BCUT2D eigenvalue weighted by molar-refractivity contribution is 0.0992. The third-order valence-corrected chi connectivity index (χ3v) is 2.72. The molecule has 0 N–H and O–H groups in total. The van der Waals surface area contributed by atoms with Crippen LogP contribution in [0, 0.1) is 5.82 Å². The molecule has 0 aliphatic rings. The first-order valence-electron chi connectivity index (χ1n) is 5.04. The number of hydrogen-bond donors (Lipinski definition) is 0. The van der Waals surface area contributed by atoms with Crippen LogP contribution in [0.3, 0.4) is 0 Å². The minimum Gasteiger partial charge on any atom is -0.294 e. The van der Waals surface area contributed by atoms with Crippen LogP contribution in [0.15, 0.2) is 42.7 Å². The molecule has 4 heteroatoms. The monoisotopic (exact) mass is 249 g/mol. The summed E-state index contributed by atoms with van der Waals surface area (Å²) in [6.45, 7) is 0. The van der Waals surface area contributed by atoms with Crippen molar-refractivity contribution < 1.29 is 9.18 Å². The van der Waals surface area contributed by atoms with Gasteiger partial charge in [-0.05, 0) is 23.8 Å². The van der Waals surface area contributed by atoms with Crippen molar-refractivity contribution in [3.63, 3.8) is 0 Å². The fourth-order valence-corrected chi connectivity index (χ4v) is 1.73. The van der Waals surface area contributed by atoms with Gasteiger partial charge >= 0.3 is 0 Å². The summed E-state index contributed by atoms with van der Waals surface area (Å²) in [4.78, 5) is 15.8. The van der Waals surface area contributed by atoms with Crippen molar-refractivity contribution in [3.8, 4) is 0 Å². The van der Waals surface area contributed by atoms with Crippen LogP contribution >= 0.6 is 11.6 Å². The normalized spacial score (nSPS) is 10.2. The predicted octanol–water partition coefficient (Wildman–Crippen LogP) is 3.30. The molecule has 0 saturated carbocycles. The Balaban J connectivity index is 2.24. The Hall–Kier alpha value is -1.74. The largest absolute Gasteiger partial charge is 0.294 e. The average Bonchev–Trinajstić information content (AvgIpc) is 2.34. The van der Waals surface area contributed by atoms with Crippen molar-refractivity contribution in [3.05, 3.63) is 64.7 Å². The van der Waals surface area contributed by atoms with Crippen molar-refractivity contribution in [2.24, 2.45) is 0 Å². The summed E-state index contributed by atoms with van der Waals surface area (Å²) in [6, 6.07) is 7.75. The number of ketones is 1. The molecule has 2 aromatic rings. The van der Waals surface area contributed by atoms with Gasteiger partial charge in [0, 0.05) is 24.4 Å². The van der Waals surface area contributed by atoms with Gasteiger partial charge in [-0.2, -0.15) is 0 Å². The van der Waals surface area contributed by atoms with E-state index >= 15 is 0 Å². The van der Waals surface area contributed by atoms with E-state index in [1.54, 1.807) is 24.5 Å². The highest BCUT2D eigenvalue weighted by Crippen LogP contribution is 2.21. The minimum absolute atomic E-state index is 0.124. The first kappa shape index (κ1) is 11.7. The molecule has 0 atom stereocenters. The Labute approximate surface area is 103 Å². The fraction of sp³-hybridized carbons (Fsp3) is 0.0769. The summed E-state index contributed by atoms with van der Waals surface area (Å²) < 4.78 is 13.2. The van der Waals surface area contributed by atoms with Gasteiger partial charge in [0.05, 0.1) is 5.02 Å². The molecule has 1 heterocycles. The molecule has 0 amide bonds. The third-order valence-electron chi connectivity index (χ3n) is 2.34.